The van der Waals surface area contributed by atoms with Crippen LogP contribution in [0.1, 0.15) is 0 Å². The van der Waals surface area contributed by atoms with Crippen LogP contribution in [-0.2, 0) is 10.1 Å². The second kappa shape index (κ2) is 5.73. The first-order valence-electron chi connectivity index (χ1n) is 6.42. The Balaban J connectivity index is 2.89. The summed E-state index contributed by atoms with van der Waals surface area (Å²) >= 11 is 0. The molecule has 0 amide bonds. The molecule has 0 aliphatic heterocycles. The first kappa shape index (κ1) is 19.2. The molecule has 0 spiro atoms. The minimum atomic E-state index is -5.92. The molecule has 3 rings (SSSR count). The largest absolute Gasteiger partial charge is 0.298 e. The quantitative estimate of drug-likeness (QED) is 0.208. The van der Waals surface area contributed by atoms with Crippen molar-refractivity contribution >= 4 is 31.7 Å². The van der Waals surface area contributed by atoms with E-state index in [2.05, 4.69) is 0 Å². The zero-order valence-electron chi connectivity index (χ0n) is 12.1. The van der Waals surface area contributed by atoms with Crippen molar-refractivity contribution in [2.75, 3.05) is 0 Å². The summed E-state index contributed by atoms with van der Waals surface area (Å²) < 4.78 is 156. The van der Waals surface area contributed by atoms with Gasteiger partial charge in [-0.25, -0.2) is 39.5 Å². The van der Waals surface area contributed by atoms with Gasteiger partial charge in [-0.15, -0.1) is 0 Å². The van der Waals surface area contributed by atoms with E-state index in [1.807, 2.05) is 0 Å². The van der Waals surface area contributed by atoms with Gasteiger partial charge < -0.3 is 0 Å². The third-order valence-electron chi connectivity index (χ3n) is 3.68. The van der Waals surface area contributed by atoms with Crippen molar-refractivity contribution in [3.8, 4) is 0 Å². The third kappa shape index (κ3) is 2.37. The Labute approximate surface area is 142 Å². The van der Waals surface area contributed by atoms with Crippen molar-refractivity contribution < 1.29 is 52.5 Å². The van der Waals surface area contributed by atoms with Crippen molar-refractivity contribution in [2.24, 2.45) is 0 Å². The van der Waals surface area contributed by atoms with Gasteiger partial charge in [-0.3, -0.25) is 4.55 Å². The predicted octanol–water partition coefficient (Wildman–Crippen LogP) is 4.49. The molecule has 0 atom stereocenters. The van der Waals surface area contributed by atoms with Crippen molar-refractivity contribution in [1.29, 1.82) is 0 Å². The topological polar surface area (TPSA) is 54.4 Å². The summed E-state index contributed by atoms with van der Waals surface area (Å²) in [7, 11) is -5.92. The molecular weight excluding hydrogens is 419 g/mol. The Morgan fingerprint density at radius 2 is 0.741 bits per heavy atom. The fourth-order valence-electron chi connectivity index (χ4n) is 2.59. The van der Waals surface area contributed by atoms with Crippen LogP contribution in [0.15, 0.2) is 4.90 Å². The van der Waals surface area contributed by atoms with E-state index in [1.54, 1.807) is 0 Å². The van der Waals surface area contributed by atoms with Gasteiger partial charge in [-0.1, -0.05) is 0 Å². The van der Waals surface area contributed by atoms with Gasteiger partial charge in [0.05, 0.1) is 16.2 Å². The number of fused-ring (bicyclic) bond motifs is 2. The summed E-state index contributed by atoms with van der Waals surface area (Å²) in [6, 6.07) is 0. The fourth-order valence-corrected chi connectivity index (χ4v) is 3.36. The highest BCUT2D eigenvalue weighted by atomic mass is 32.2. The highest BCUT2D eigenvalue weighted by molar-refractivity contribution is 7.86. The van der Waals surface area contributed by atoms with Crippen molar-refractivity contribution in [2.45, 2.75) is 4.90 Å². The third-order valence-corrected chi connectivity index (χ3v) is 4.58. The van der Waals surface area contributed by atoms with Crippen LogP contribution in [0.5, 0.6) is 0 Å². The molecule has 0 saturated carbocycles. The van der Waals surface area contributed by atoms with E-state index < -0.39 is 88.9 Å². The molecule has 0 aliphatic rings. The second-order valence-corrected chi connectivity index (χ2v) is 6.49. The van der Waals surface area contributed by atoms with Crippen LogP contribution in [-0.4, -0.2) is 13.0 Å². The summed E-state index contributed by atoms with van der Waals surface area (Å²) in [6.07, 6.45) is 0. The van der Waals surface area contributed by atoms with Crippen LogP contribution in [0.25, 0.3) is 21.5 Å². The first-order chi connectivity index (χ1) is 12.3. The molecule has 0 radical (unpaired) electrons. The predicted molar refractivity (Wildman–Crippen MR) is 70.9 cm³/mol. The van der Waals surface area contributed by atoms with Crippen molar-refractivity contribution in [3.63, 3.8) is 0 Å². The van der Waals surface area contributed by atoms with E-state index in [0.29, 0.717) is 0 Å². The lowest BCUT2D eigenvalue weighted by Gasteiger charge is -2.14. The van der Waals surface area contributed by atoms with Gasteiger partial charge in [0.15, 0.2) is 40.7 Å². The van der Waals surface area contributed by atoms with Crippen molar-refractivity contribution in [1.82, 2.24) is 0 Å². The zero-order chi connectivity index (χ0) is 20.6. The van der Waals surface area contributed by atoms with E-state index in [1.165, 1.54) is 0 Å². The number of halogens is 9. The molecule has 1 N–H and O–H groups in total. The summed E-state index contributed by atoms with van der Waals surface area (Å²) in [5.74, 6) is -23.3. The van der Waals surface area contributed by atoms with Crippen LogP contribution in [0, 0.1) is 52.4 Å². The minimum absolute atomic E-state index is 2.03. The molecule has 0 aliphatic carbocycles. The lowest BCUT2D eigenvalue weighted by Crippen LogP contribution is -2.11. The molecule has 0 bridgehead atoms. The lowest BCUT2D eigenvalue weighted by atomic mass is 9.99. The van der Waals surface area contributed by atoms with Crippen LogP contribution < -0.4 is 0 Å². The molecule has 0 unspecified atom stereocenters. The molecule has 3 nitrogen and oxygen atoms in total. The van der Waals surface area contributed by atoms with Gasteiger partial charge >= 0.3 is 0 Å². The Hall–Kier alpha value is -2.54. The molecule has 3 aromatic carbocycles. The number of rotatable bonds is 1. The number of hydrogen-bond donors (Lipinski definition) is 1. The maximum atomic E-state index is 14.6. The number of hydrogen-bond acceptors (Lipinski definition) is 2. The van der Waals surface area contributed by atoms with E-state index in [0.717, 1.165) is 0 Å². The lowest BCUT2D eigenvalue weighted by molar-refractivity contribution is 0.413. The van der Waals surface area contributed by atoms with Crippen LogP contribution >= 0.6 is 0 Å². The van der Waals surface area contributed by atoms with Crippen LogP contribution in [0.4, 0.5) is 39.5 Å². The van der Waals surface area contributed by atoms with Gasteiger partial charge in [0.2, 0.25) is 0 Å². The Kier molecular flexibility index (Phi) is 4.08. The Morgan fingerprint density at radius 1 is 0.444 bits per heavy atom. The Morgan fingerprint density at radius 3 is 1.11 bits per heavy atom. The van der Waals surface area contributed by atoms with Crippen LogP contribution in [0.3, 0.4) is 0 Å². The van der Waals surface area contributed by atoms with E-state index in [4.69, 9.17) is 4.55 Å². The average molecular weight is 420 g/mol. The zero-order valence-corrected chi connectivity index (χ0v) is 12.9. The molecule has 13 heteroatoms. The Bertz CT molecular complexity index is 1290. The SMILES string of the molecule is O=S(=O)(O)c1c(F)c(F)c(F)c2c(F)c3c(F)c(F)c(F)c(F)c3c(F)c12. The van der Waals surface area contributed by atoms with E-state index in [-0.39, 0.29) is 0 Å². The molecular formula is C14HF9O3S. The van der Waals surface area contributed by atoms with Crippen molar-refractivity contribution in [3.05, 3.63) is 52.4 Å². The molecule has 27 heavy (non-hydrogen) atoms. The van der Waals surface area contributed by atoms with Gasteiger partial charge in [-0.05, 0) is 0 Å². The van der Waals surface area contributed by atoms with E-state index in [9.17, 15) is 47.9 Å². The van der Waals surface area contributed by atoms with Crippen LogP contribution in [0.2, 0.25) is 0 Å². The second-order valence-electron chi connectivity index (χ2n) is 5.13. The first-order valence-corrected chi connectivity index (χ1v) is 7.86. The smallest absolute Gasteiger partial charge is 0.282 e. The molecule has 3 aromatic rings. The normalized spacial score (nSPS) is 12.4. The summed E-state index contributed by atoms with van der Waals surface area (Å²) in [6.45, 7) is 0. The minimum Gasteiger partial charge on any atom is -0.282 e. The summed E-state index contributed by atoms with van der Waals surface area (Å²) in [5.41, 5.74) is 0. The van der Waals surface area contributed by atoms with E-state index >= 15 is 0 Å². The van der Waals surface area contributed by atoms with Gasteiger partial charge in [-0.2, -0.15) is 8.42 Å². The average Bonchev–Trinajstić information content (AvgIpc) is 2.57. The molecule has 0 heterocycles. The highest BCUT2D eigenvalue weighted by Crippen LogP contribution is 2.41. The molecule has 0 saturated heterocycles. The fraction of sp³-hybridized carbons (Fsp3) is 0. The monoisotopic (exact) mass is 420 g/mol. The molecule has 0 aromatic heterocycles. The summed E-state index contributed by atoms with van der Waals surface area (Å²) in [4.78, 5) is -2.35. The maximum Gasteiger partial charge on any atom is 0.298 e. The standard InChI is InChI=1S/C14HF9O3S/c15-5-1-2(8(18)11(21)10(20)7(1)17)6(16)4-3(5)9(19)12(22)13(23)14(4)27(24,25)26/h(H,24,25,26). The van der Waals surface area contributed by atoms with Gasteiger partial charge in [0, 0.05) is 5.39 Å². The molecule has 144 valence electrons. The summed E-state index contributed by atoms with van der Waals surface area (Å²) in [5, 5.41) is -8.21. The van der Waals surface area contributed by atoms with Gasteiger partial charge in [0.25, 0.3) is 10.1 Å². The van der Waals surface area contributed by atoms with Gasteiger partial charge in [0.1, 0.15) is 16.5 Å². The molecule has 0 fully saturated rings. The number of benzene rings is 3. The highest BCUT2D eigenvalue weighted by Gasteiger charge is 2.35. The maximum absolute atomic E-state index is 14.6.